The van der Waals surface area contributed by atoms with E-state index in [0.29, 0.717) is 30.9 Å². The van der Waals surface area contributed by atoms with E-state index in [9.17, 15) is 14.7 Å². The van der Waals surface area contributed by atoms with Crippen molar-refractivity contribution in [3.05, 3.63) is 107 Å². The van der Waals surface area contributed by atoms with E-state index in [1.807, 2.05) is 67.6 Å². The van der Waals surface area contributed by atoms with E-state index in [4.69, 9.17) is 4.74 Å². The van der Waals surface area contributed by atoms with Gasteiger partial charge in [0.2, 0.25) is 0 Å². The predicted molar refractivity (Wildman–Crippen MR) is 128 cm³/mol. The van der Waals surface area contributed by atoms with Crippen LogP contribution in [0.5, 0.6) is 5.75 Å². The highest BCUT2D eigenvalue weighted by Crippen LogP contribution is 2.39. The third kappa shape index (κ3) is 4.82. The van der Waals surface area contributed by atoms with E-state index in [2.05, 4.69) is 0 Å². The van der Waals surface area contributed by atoms with Crippen LogP contribution < -0.4 is 4.74 Å². The molecule has 1 aliphatic heterocycles. The summed E-state index contributed by atoms with van der Waals surface area (Å²) in [7, 11) is 0. The molecule has 3 aromatic carbocycles. The molecule has 1 fully saturated rings. The fraction of sp³-hybridized carbons (Fsp3) is 0.214. The Kier molecular flexibility index (Phi) is 6.89. The van der Waals surface area contributed by atoms with Crippen LogP contribution in [-0.4, -0.2) is 34.8 Å². The number of aliphatic hydroxyl groups is 1. The molecule has 1 saturated heterocycles. The molecule has 1 N–H and O–H groups in total. The summed E-state index contributed by atoms with van der Waals surface area (Å²) in [6.07, 6.45) is 1.47. The quantitative estimate of drug-likeness (QED) is 0.299. The van der Waals surface area contributed by atoms with E-state index in [1.165, 1.54) is 0 Å². The molecule has 33 heavy (non-hydrogen) atoms. The van der Waals surface area contributed by atoms with Crippen LogP contribution in [0.1, 0.15) is 36.1 Å². The van der Waals surface area contributed by atoms with Crippen molar-refractivity contribution >= 4 is 17.4 Å². The maximum atomic E-state index is 13.1. The second kappa shape index (κ2) is 10.2. The van der Waals surface area contributed by atoms with Crippen molar-refractivity contribution < 1.29 is 19.4 Å². The van der Waals surface area contributed by atoms with Gasteiger partial charge in [0.25, 0.3) is 11.7 Å². The van der Waals surface area contributed by atoms with E-state index in [0.717, 1.165) is 17.5 Å². The zero-order chi connectivity index (χ0) is 23.2. The molecule has 1 heterocycles. The zero-order valence-electron chi connectivity index (χ0n) is 18.6. The van der Waals surface area contributed by atoms with Crippen LogP contribution in [0.15, 0.2) is 90.5 Å². The number of rotatable bonds is 8. The van der Waals surface area contributed by atoms with Crippen molar-refractivity contribution in [1.82, 2.24) is 4.90 Å². The number of amides is 1. The summed E-state index contributed by atoms with van der Waals surface area (Å²) in [6, 6.07) is 25.5. The molecule has 4 rings (SSSR count). The Bertz CT molecular complexity index is 1150. The van der Waals surface area contributed by atoms with Gasteiger partial charge in [0, 0.05) is 12.1 Å². The molecule has 5 nitrogen and oxygen atoms in total. The number of ketones is 1. The second-order valence-corrected chi connectivity index (χ2v) is 8.02. The third-order valence-electron chi connectivity index (χ3n) is 5.72. The van der Waals surface area contributed by atoms with E-state index < -0.39 is 17.7 Å². The van der Waals surface area contributed by atoms with Gasteiger partial charge in [-0.05, 0) is 36.1 Å². The van der Waals surface area contributed by atoms with Crippen molar-refractivity contribution in [1.29, 1.82) is 0 Å². The minimum absolute atomic E-state index is 0.104. The number of carbonyl (C=O) groups excluding carboxylic acids is 2. The second-order valence-electron chi connectivity index (χ2n) is 8.02. The van der Waals surface area contributed by atoms with Gasteiger partial charge in [-0.1, -0.05) is 79.7 Å². The molecule has 1 unspecified atom stereocenters. The molecule has 1 aliphatic rings. The van der Waals surface area contributed by atoms with Crippen LogP contribution in [0.2, 0.25) is 0 Å². The van der Waals surface area contributed by atoms with Gasteiger partial charge in [0.05, 0.1) is 18.2 Å². The van der Waals surface area contributed by atoms with Gasteiger partial charge in [-0.2, -0.15) is 0 Å². The van der Waals surface area contributed by atoms with Gasteiger partial charge in [-0.15, -0.1) is 0 Å². The summed E-state index contributed by atoms with van der Waals surface area (Å²) in [5, 5.41) is 11.2. The molecule has 0 aromatic heterocycles. The van der Waals surface area contributed by atoms with Crippen molar-refractivity contribution in [3.63, 3.8) is 0 Å². The van der Waals surface area contributed by atoms with Crippen molar-refractivity contribution in [2.75, 3.05) is 13.2 Å². The number of carbonyl (C=O) groups is 2. The highest BCUT2D eigenvalue weighted by Gasteiger charge is 2.45. The highest BCUT2D eigenvalue weighted by molar-refractivity contribution is 6.46. The molecular weight excluding hydrogens is 414 g/mol. The molecule has 1 atom stereocenters. The molecule has 5 heteroatoms. The predicted octanol–water partition coefficient (Wildman–Crippen LogP) is 5.14. The number of ether oxygens (including phenoxy) is 1. The summed E-state index contributed by atoms with van der Waals surface area (Å²) in [5.41, 5.74) is 2.41. The fourth-order valence-electron chi connectivity index (χ4n) is 4.10. The maximum Gasteiger partial charge on any atom is 0.295 e. The number of hydrogen-bond donors (Lipinski definition) is 1. The summed E-state index contributed by atoms with van der Waals surface area (Å²) < 4.78 is 5.68. The first-order valence-corrected chi connectivity index (χ1v) is 11.2. The standard InChI is InChI=1S/C28H27NO4/c1-2-18-33-23-15-9-14-22(19-23)26(30)24-25(21-12-7-4-8-13-21)29(28(32)27(24)31)17-16-20-10-5-3-6-11-20/h3-15,19,25,30H,2,16-18H2,1H3. The van der Waals surface area contributed by atoms with E-state index in [-0.39, 0.29) is 11.3 Å². The Balaban J connectivity index is 1.74. The molecular formula is C28H27NO4. The highest BCUT2D eigenvalue weighted by atomic mass is 16.5. The van der Waals surface area contributed by atoms with Crippen LogP contribution in [0.4, 0.5) is 0 Å². The summed E-state index contributed by atoms with van der Waals surface area (Å²) in [6.45, 7) is 2.93. The Morgan fingerprint density at radius 3 is 2.33 bits per heavy atom. The van der Waals surface area contributed by atoms with Gasteiger partial charge >= 0.3 is 0 Å². The number of hydrogen-bond acceptors (Lipinski definition) is 4. The van der Waals surface area contributed by atoms with Crippen molar-refractivity contribution in [2.24, 2.45) is 0 Å². The molecule has 0 radical (unpaired) electrons. The number of likely N-dealkylation sites (tertiary alicyclic amines) is 1. The monoisotopic (exact) mass is 441 g/mol. The van der Waals surface area contributed by atoms with Gasteiger partial charge in [0.1, 0.15) is 11.5 Å². The molecule has 0 spiro atoms. The topological polar surface area (TPSA) is 66.8 Å². The Hall–Kier alpha value is -3.86. The fourth-order valence-corrected chi connectivity index (χ4v) is 4.10. The molecule has 3 aromatic rings. The lowest BCUT2D eigenvalue weighted by Crippen LogP contribution is -2.31. The number of nitrogens with zero attached hydrogens (tertiary/aromatic N) is 1. The first-order valence-electron chi connectivity index (χ1n) is 11.2. The lowest BCUT2D eigenvalue weighted by Gasteiger charge is -2.25. The average molecular weight is 442 g/mol. The lowest BCUT2D eigenvalue weighted by atomic mass is 9.95. The molecule has 0 bridgehead atoms. The van der Waals surface area contributed by atoms with E-state index in [1.54, 1.807) is 29.2 Å². The summed E-state index contributed by atoms with van der Waals surface area (Å²) >= 11 is 0. The first kappa shape index (κ1) is 22.3. The third-order valence-corrected chi connectivity index (χ3v) is 5.72. The van der Waals surface area contributed by atoms with Gasteiger partial charge in [-0.3, -0.25) is 9.59 Å². The van der Waals surface area contributed by atoms with Crippen LogP contribution in [0.3, 0.4) is 0 Å². The van der Waals surface area contributed by atoms with Crippen LogP contribution >= 0.6 is 0 Å². The normalized spacial score (nSPS) is 17.4. The number of Topliss-reactive ketones (excluding diaryl/α,β-unsaturated/α-hetero) is 1. The maximum absolute atomic E-state index is 13.1. The molecule has 0 aliphatic carbocycles. The Morgan fingerprint density at radius 1 is 0.939 bits per heavy atom. The molecule has 0 saturated carbocycles. The first-order chi connectivity index (χ1) is 16.1. The minimum atomic E-state index is -0.672. The number of aliphatic hydroxyl groups excluding tert-OH is 1. The van der Waals surface area contributed by atoms with Gasteiger partial charge in [0.15, 0.2) is 0 Å². The van der Waals surface area contributed by atoms with Crippen LogP contribution in [0, 0.1) is 0 Å². The molecule has 1 amide bonds. The van der Waals surface area contributed by atoms with E-state index >= 15 is 0 Å². The molecule has 168 valence electrons. The van der Waals surface area contributed by atoms with Crippen LogP contribution in [0.25, 0.3) is 5.76 Å². The Labute approximate surface area is 193 Å². The Morgan fingerprint density at radius 2 is 1.64 bits per heavy atom. The average Bonchev–Trinajstić information content (AvgIpc) is 3.12. The SMILES string of the molecule is CCCOc1cccc(C(O)=C2C(=O)C(=O)N(CCc3ccccc3)C2c2ccccc2)c1. The minimum Gasteiger partial charge on any atom is -0.507 e. The van der Waals surface area contributed by atoms with Crippen LogP contribution in [-0.2, 0) is 16.0 Å². The smallest absolute Gasteiger partial charge is 0.295 e. The van der Waals surface area contributed by atoms with Crippen molar-refractivity contribution in [3.8, 4) is 5.75 Å². The van der Waals surface area contributed by atoms with Gasteiger partial charge < -0.3 is 14.7 Å². The largest absolute Gasteiger partial charge is 0.507 e. The van der Waals surface area contributed by atoms with Gasteiger partial charge in [-0.25, -0.2) is 0 Å². The number of benzene rings is 3. The zero-order valence-corrected chi connectivity index (χ0v) is 18.6. The van der Waals surface area contributed by atoms with Crippen molar-refractivity contribution in [2.45, 2.75) is 25.8 Å². The lowest BCUT2D eigenvalue weighted by molar-refractivity contribution is -0.139. The summed E-state index contributed by atoms with van der Waals surface area (Å²) in [4.78, 5) is 27.8. The summed E-state index contributed by atoms with van der Waals surface area (Å²) in [5.74, 6) is -0.851.